The molecule has 0 fully saturated rings. The topological polar surface area (TPSA) is 104 Å². The van der Waals surface area contributed by atoms with E-state index in [2.05, 4.69) is 31.5 Å². The van der Waals surface area contributed by atoms with Crippen molar-refractivity contribution in [2.24, 2.45) is 5.92 Å². The summed E-state index contributed by atoms with van der Waals surface area (Å²) in [6.45, 7) is 5.60. The summed E-state index contributed by atoms with van der Waals surface area (Å²) in [6.07, 6.45) is 0.266. The van der Waals surface area contributed by atoms with E-state index in [-0.39, 0.29) is 17.2 Å². The maximum absolute atomic E-state index is 12.7. The number of sulfonamides is 1. The van der Waals surface area contributed by atoms with Crippen LogP contribution in [0, 0.1) is 12.8 Å². The number of carbonyl (C=O) groups is 2. The van der Waals surface area contributed by atoms with E-state index < -0.39 is 27.9 Å². The zero-order valence-corrected chi connectivity index (χ0v) is 18.8. The van der Waals surface area contributed by atoms with Gasteiger partial charge in [0.2, 0.25) is 10.0 Å². The highest BCUT2D eigenvalue weighted by molar-refractivity contribution is 9.10. The Labute approximate surface area is 179 Å². The van der Waals surface area contributed by atoms with Gasteiger partial charge in [-0.1, -0.05) is 43.7 Å². The van der Waals surface area contributed by atoms with Crippen molar-refractivity contribution >= 4 is 37.8 Å². The first-order valence-corrected chi connectivity index (χ1v) is 11.3. The number of aryl methyl sites for hydroxylation is 1. The van der Waals surface area contributed by atoms with Gasteiger partial charge in [-0.15, -0.1) is 0 Å². The molecule has 0 aliphatic rings. The molecule has 0 saturated carbocycles. The minimum absolute atomic E-state index is 0.0467. The van der Waals surface area contributed by atoms with Gasteiger partial charge in [-0.25, -0.2) is 8.42 Å². The first kappa shape index (κ1) is 23.1. The van der Waals surface area contributed by atoms with Crippen LogP contribution >= 0.6 is 15.9 Å². The van der Waals surface area contributed by atoms with Crippen molar-refractivity contribution in [3.63, 3.8) is 0 Å². The second-order valence-electron chi connectivity index (χ2n) is 7.04. The molecule has 2 aromatic carbocycles. The van der Waals surface area contributed by atoms with Gasteiger partial charge in [0.25, 0.3) is 11.8 Å². The van der Waals surface area contributed by atoms with Crippen LogP contribution in [0.3, 0.4) is 0 Å². The van der Waals surface area contributed by atoms with Gasteiger partial charge >= 0.3 is 0 Å². The number of carbonyl (C=O) groups excluding carboxylic acids is 2. The molecule has 3 N–H and O–H groups in total. The largest absolute Gasteiger partial charge is 0.271 e. The van der Waals surface area contributed by atoms with Gasteiger partial charge in [-0.2, -0.15) is 4.72 Å². The molecule has 2 rings (SSSR count). The molecule has 1 unspecified atom stereocenters. The van der Waals surface area contributed by atoms with Crippen LogP contribution in [0.15, 0.2) is 57.9 Å². The van der Waals surface area contributed by atoms with Crippen LogP contribution in [-0.2, 0) is 14.8 Å². The van der Waals surface area contributed by atoms with Crippen molar-refractivity contribution in [3.8, 4) is 0 Å². The van der Waals surface area contributed by atoms with Crippen molar-refractivity contribution in [3.05, 3.63) is 64.1 Å². The highest BCUT2D eigenvalue weighted by atomic mass is 79.9. The fourth-order valence-corrected chi connectivity index (χ4v) is 4.24. The molecule has 156 valence electrons. The predicted molar refractivity (Wildman–Crippen MR) is 114 cm³/mol. The zero-order chi connectivity index (χ0) is 21.6. The normalized spacial score (nSPS) is 12.4. The molecule has 29 heavy (non-hydrogen) atoms. The maximum Gasteiger partial charge on any atom is 0.270 e. The molecule has 0 spiro atoms. The summed E-state index contributed by atoms with van der Waals surface area (Å²) < 4.78 is 28.3. The van der Waals surface area contributed by atoms with Gasteiger partial charge in [-0.3, -0.25) is 20.4 Å². The Morgan fingerprint density at radius 3 is 2.21 bits per heavy atom. The van der Waals surface area contributed by atoms with Crippen LogP contribution in [0.1, 0.15) is 36.2 Å². The van der Waals surface area contributed by atoms with Gasteiger partial charge in [0.15, 0.2) is 0 Å². The fraction of sp³-hybridized carbons (Fsp3) is 0.300. The highest BCUT2D eigenvalue weighted by Gasteiger charge is 2.27. The molecule has 0 aliphatic carbocycles. The SMILES string of the molecule is Cc1ccc(S(=O)(=O)NC(CC(C)C)C(=O)NNC(=O)c2ccccc2Br)cc1. The lowest BCUT2D eigenvalue weighted by Gasteiger charge is -2.20. The number of nitrogens with one attached hydrogen (secondary N) is 3. The minimum atomic E-state index is -3.90. The lowest BCUT2D eigenvalue weighted by molar-refractivity contribution is -0.123. The van der Waals surface area contributed by atoms with Gasteiger partial charge in [-0.05, 0) is 59.5 Å². The Morgan fingerprint density at radius 1 is 1.00 bits per heavy atom. The average molecular weight is 482 g/mol. The van der Waals surface area contributed by atoms with Gasteiger partial charge < -0.3 is 0 Å². The van der Waals surface area contributed by atoms with Crippen LogP contribution in [0.4, 0.5) is 0 Å². The number of halogens is 1. The van der Waals surface area contributed by atoms with Crippen LogP contribution in [0.2, 0.25) is 0 Å². The van der Waals surface area contributed by atoms with E-state index in [1.807, 2.05) is 20.8 Å². The number of hydrogen-bond donors (Lipinski definition) is 3. The summed E-state index contributed by atoms with van der Waals surface area (Å²) in [5.74, 6) is -1.12. The van der Waals surface area contributed by atoms with Gasteiger partial charge in [0.05, 0.1) is 10.5 Å². The summed E-state index contributed by atoms with van der Waals surface area (Å²) in [5.41, 5.74) is 5.90. The van der Waals surface area contributed by atoms with Crippen molar-refractivity contribution in [1.29, 1.82) is 0 Å². The van der Waals surface area contributed by atoms with E-state index in [1.165, 1.54) is 12.1 Å². The molecular weight excluding hydrogens is 458 g/mol. The zero-order valence-electron chi connectivity index (χ0n) is 16.4. The Bertz CT molecular complexity index is 975. The van der Waals surface area contributed by atoms with Crippen molar-refractivity contribution in [2.45, 2.75) is 38.1 Å². The first-order valence-electron chi connectivity index (χ1n) is 9.04. The van der Waals surface area contributed by atoms with Crippen LogP contribution < -0.4 is 15.6 Å². The number of benzene rings is 2. The number of hydrazine groups is 1. The van der Waals surface area contributed by atoms with Crippen molar-refractivity contribution < 1.29 is 18.0 Å². The van der Waals surface area contributed by atoms with Crippen LogP contribution in [0.5, 0.6) is 0 Å². The predicted octanol–water partition coefficient (Wildman–Crippen LogP) is 2.91. The molecule has 0 bridgehead atoms. The molecule has 9 heteroatoms. The van der Waals surface area contributed by atoms with Gasteiger partial charge in [0.1, 0.15) is 6.04 Å². The highest BCUT2D eigenvalue weighted by Crippen LogP contribution is 2.16. The Kier molecular flexibility index (Phi) is 7.95. The molecule has 2 amide bonds. The van der Waals surface area contributed by atoms with Crippen LogP contribution in [0.25, 0.3) is 0 Å². The second-order valence-corrected chi connectivity index (χ2v) is 9.61. The minimum Gasteiger partial charge on any atom is -0.271 e. The Morgan fingerprint density at radius 2 is 1.62 bits per heavy atom. The molecule has 0 radical (unpaired) electrons. The second kappa shape index (κ2) is 10.00. The summed E-state index contributed by atoms with van der Waals surface area (Å²) in [4.78, 5) is 24.9. The molecule has 0 heterocycles. The average Bonchev–Trinajstić information content (AvgIpc) is 2.65. The monoisotopic (exact) mass is 481 g/mol. The lowest BCUT2D eigenvalue weighted by atomic mass is 10.0. The smallest absolute Gasteiger partial charge is 0.270 e. The van der Waals surface area contributed by atoms with Crippen molar-refractivity contribution in [1.82, 2.24) is 15.6 Å². The molecule has 0 saturated heterocycles. The van der Waals surface area contributed by atoms with E-state index in [9.17, 15) is 18.0 Å². The third-order valence-corrected chi connectivity index (χ3v) is 6.25. The van der Waals surface area contributed by atoms with E-state index >= 15 is 0 Å². The maximum atomic E-state index is 12.7. The van der Waals surface area contributed by atoms with E-state index in [0.717, 1.165) is 5.56 Å². The van der Waals surface area contributed by atoms with E-state index in [4.69, 9.17) is 0 Å². The summed E-state index contributed by atoms with van der Waals surface area (Å²) >= 11 is 3.27. The Hall–Kier alpha value is -2.23. The molecule has 0 aromatic heterocycles. The fourth-order valence-electron chi connectivity index (χ4n) is 2.57. The molecular formula is C20H24BrN3O4S. The standard InChI is InChI=1S/C20H24BrN3O4S/c1-13(2)12-18(24-29(27,28)15-10-8-14(3)9-11-15)20(26)23-22-19(25)16-6-4-5-7-17(16)21/h4-11,13,18,24H,12H2,1-3H3,(H,22,25)(H,23,26). The van der Waals surface area contributed by atoms with Crippen LogP contribution in [-0.4, -0.2) is 26.3 Å². The summed E-state index contributed by atoms with van der Waals surface area (Å²) in [5, 5.41) is 0. The molecule has 7 nitrogen and oxygen atoms in total. The Balaban J connectivity index is 2.10. The third-order valence-electron chi connectivity index (χ3n) is 4.07. The van der Waals surface area contributed by atoms with Crippen molar-refractivity contribution in [2.75, 3.05) is 0 Å². The van der Waals surface area contributed by atoms with Gasteiger partial charge in [0, 0.05) is 4.47 Å². The number of amides is 2. The van der Waals surface area contributed by atoms with E-state index in [1.54, 1.807) is 36.4 Å². The summed E-state index contributed by atoms with van der Waals surface area (Å²) in [6, 6.07) is 12.0. The lowest BCUT2D eigenvalue weighted by Crippen LogP contribution is -2.52. The quantitative estimate of drug-likeness (QED) is 0.528. The third kappa shape index (κ3) is 6.66. The van der Waals surface area contributed by atoms with E-state index in [0.29, 0.717) is 10.0 Å². The molecule has 1 atom stereocenters. The number of hydrogen-bond acceptors (Lipinski definition) is 4. The number of rotatable bonds is 7. The first-order chi connectivity index (χ1) is 13.6. The molecule has 0 aliphatic heterocycles. The summed E-state index contributed by atoms with van der Waals surface area (Å²) in [7, 11) is -3.90. The molecule has 2 aromatic rings.